The Labute approximate surface area is 276 Å². The van der Waals surface area contributed by atoms with Crippen LogP contribution in [0.3, 0.4) is 0 Å². The maximum atomic E-state index is 13.3. The molecule has 250 valence electrons. The van der Waals surface area contributed by atoms with Crippen molar-refractivity contribution in [2.75, 3.05) is 0 Å². The lowest BCUT2D eigenvalue weighted by Gasteiger charge is -2.56. The van der Waals surface area contributed by atoms with Gasteiger partial charge in [-0.25, -0.2) is 0 Å². The molecule has 0 saturated heterocycles. The quantitative estimate of drug-likeness (QED) is 0.227. The second-order valence-electron chi connectivity index (χ2n) is 15.6. The van der Waals surface area contributed by atoms with Gasteiger partial charge in [0.05, 0.1) is 0 Å². The molecular formula is C39H54O6Si. The molecule has 7 heteroatoms. The van der Waals surface area contributed by atoms with Crippen LogP contribution in [0, 0.1) is 28.6 Å². The summed E-state index contributed by atoms with van der Waals surface area (Å²) in [6.45, 7) is 11.8. The number of benzene rings is 2. The fraction of sp³-hybridized carbons (Fsp3) is 0.615. The third-order valence-electron chi connectivity index (χ3n) is 12.6. The zero-order chi connectivity index (χ0) is 33.3. The van der Waals surface area contributed by atoms with E-state index < -0.39 is 8.32 Å². The van der Waals surface area contributed by atoms with E-state index >= 15 is 0 Å². The molecular weight excluding hydrogens is 593 g/mol. The maximum absolute atomic E-state index is 13.3. The normalized spacial score (nSPS) is 31.6. The molecule has 0 amide bonds. The average molecular weight is 647 g/mol. The van der Waals surface area contributed by atoms with Crippen LogP contribution in [0.1, 0.15) is 106 Å². The van der Waals surface area contributed by atoms with Crippen molar-refractivity contribution in [2.24, 2.45) is 28.6 Å². The topological polar surface area (TPSA) is 89.9 Å². The number of hydrogen-bond acceptors (Lipinski definition) is 6. The van der Waals surface area contributed by atoms with Crippen molar-refractivity contribution in [3.8, 4) is 0 Å². The smallest absolute Gasteiger partial charge is 0.302 e. The number of ether oxygens (including phenoxy) is 2. The minimum atomic E-state index is -3.14. The van der Waals surface area contributed by atoms with Crippen LogP contribution in [-0.2, 0) is 23.9 Å². The number of Topliss-reactive ketones (excluding diaryl/α,β-unsaturated/α-hetero) is 1. The van der Waals surface area contributed by atoms with E-state index in [1.54, 1.807) is 0 Å². The molecule has 0 aromatic heterocycles. The lowest BCUT2D eigenvalue weighted by molar-refractivity contribution is -0.179. The number of fused-ring (bicyclic) bond motifs is 1. The maximum Gasteiger partial charge on any atom is 0.302 e. The first-order valence-electron chi connectivity index (χ1n) is 17.4. The predicted molar refractivity (Wildman–Crippen MR) is 183 cm³/mol. The Morgan fingerprint density at radius 3 is 2.02 bits per heavy atom. The van der Waals surface area contributed by atoms with Crippen molar-refractivity contribution in [1.82, 2.24) is 0 Å². The molecule has 0 bridgehead atoms. The largest absolute Gasteiger partial charge is 0.462 e. The van der Waals surface area contributed by atoms with E-state index in [-0.39, 0.29) is 45.9 Å². The van der Waals surface area contributed by atoms with Gasteiger partial charge in [-0.1, -0.05) is 94.8 Å². The Bertz CT molecular complexity index is 1350. The molecule has 1 N–H and O–H groups in total. The van der Waals surface area contributed by atoms with E-state index in [0.29, 0.717) is 30.5 Å². The summed E-state index contributed by atoms with van der Waals surface area (Å²) in [5, 5.41) is 1.70. The highest BCUT2D eigenvalue weighted by Gasteiger charge is 2.59. The Morgan fingerprint density at radius 1 is 0.870 bits per heavy atom. The molecule has 2 unspecified atom stereocenters. The van der Waals surface area contributed by atoms with Gasteiger partial charge in [0.25, 0.3) is 8.32 Å². The molecule has 0 spiro atoms. The molecule has 0 heterocycles. The lowest BCUT2D eigenvalue weighted by Crippen LogP contribution is -2.65. The summed E-state index contributed by atoms with van der Waals surface area (Å²) in [4.78, 5) is 50.3. The molecule has 7 atom stereocenters. The molecule has 5 rings (SSSR count). The number of ketones is 1. The van der Waals surface area contributed by atoms with Crippen molar-refractivity contribution in [3.63, 3.8) is 0 Å². The number of rotatable bonds is 10. The van der Waals surface area contributed by atoms with Crippen molar-refractivity contribution < 1.29 is 28.7 Å². The fourth-order valence-corrected chi connectivity index (χ4v) is 13.7. The SMILES string of the molecule is CC(=O)O[C@H]1CC[C@](C)(C2CC[C@]3(C)C(=O)CCC3[C@@H]2CCCC(C)(C)[Si](O)(c2ccccc2)c2ccccc2)[C@@H](OC(C)=O)C1. The van der Waals surface area contributed by atoms with E-state index in [1.807, 2.05) is 36.4 Å². The summed E-state index contributed by atoms with van der Waals surface area (Å²) >= 11 is 0. The molecule has 3 aliphatic rings. The molecule has 46 heavy (non-hydrogen) atoms. The number of hydrogen-bond donors (Lipinski definition) is 1. The molecule has 3 fully saturated rings. The van der Waals surface area contributed by atoms with Gasteiger partial charge in [0.15, 0.2) is 0 Å². The molecule has 3 aliphatic carbocycles. The van der Waals surface area contributed by atoms with Crippen LogP contribution in [0.25, 0.3) is 0 Å². The van der Waals surface area contributed by atoms with Gasteiger partial charge < -0.3 is 14.3 Å². The van der Waals surface area contributed by atoms with Gasteiger partial charge in [0.2, 0.25) is 0 Å². The Hall–Kier alpha value is -2.77. The van der Waals surface area contributed by atoms with Crippen LogP contribution >= 0.6 is 0 Å². The van der Waals surface area contributed by atoms with Gasteiger partial charge in [0, 0.05) is 37.5 Å². The minimum absolute atomic E-state index is 0.255. The summed E-state index contributed by atoms with van der Waals surface area (Å²) in [7, 11) is -3.14. The molecule has 3 saturated carbocycles. The first-order chi connectivity index (χ1) is 21.7. The van der Waals surface area contributed by atoms with E-state index in [0.717, 1.165) is 61.7 Å². The van der Waals surface area contributed by atoms with Gasteiger partial charge in [-0.3, -0.25) is 14.4 Å². The van der Waals surface area contributed by atoms with Crippen molar-refractivity contribution in [3.05, 3.63) is 60.7 Å². The number of carbonyl (C=O) groups excluding carboxylic acids is 3. The van der Waals surface area contributed by atoms with Gasteiger partial charge >= 0.3 is 11.9 Å². The third-order valence-corrected chi connectivity index (χ3v) is 17.1. The highest BCUT2D eigenvalue weighted by atomic mass is 28.4. The van der Waals surface area contributed by atoms with Crippen LogP contribution in [-0.4, -0.2) is 43.0 Å². The van der Waals surface area contributed by atoms with E-state index in [2.05, 4.69) is 52.0 Å². The van der Waals surface area contributed by atoms with Crippen LogP contribution in [0.5, 0.6) is 0 Å². The fourth-order valence-electron chi connectivity index (χ4n) is 9.96. The average Bonchev–Trinajstić information content (AvgIpc) is 3.32. The Kier molecular flexibility index (Phi) is 10.1. The Morgan fingerprint density at radius 2 is 1.46 bits per heavy atom. The lowest BCUT2D eigenvalue weighted by atomic mass is 9.50. The Balaban J connectivity index is 1.43. The van der Waals surface area contributed by atoms with E-state index in [4.69, 9.17) is 9.47 Å². The standard InChI is InChI=1S/C39H54O6Si/c1-27(40)44-29-21-24-39(6,36(26-29)45-28(2)41)34-22-25-38(5)33(19-20-35(38)42)32(34)18-13-23-37(3,4)46(43,30-14-9-7-10-15-30)31-16-11-8-12-17-31/h7-12,14-17,29,32-34,36,43H,13,18-26H2,1-6H3/t29-,32-,33?,34?,36-,38-,39+/m0/s1. The van der Waals surface area contributed by atoms with Crippen molar-refractivity contribution in [2.45, 2.75) is 123 Å². The van der Waals surface area contributed by atoms with Gasteiger partial charge in [-0.15, -0.1) is 0 Å². The minimum Gasteiger partial charge on any atom is -0.462 e. The summed E-state index contributed by atoms with van der Waals surface area (Å²) in [5.41, 5.74) is -0.582. The summed E-state index contributed by atoms with van der Waals surface area (Å²) in [6, 6.07) is 20.4. The van der Waals surface area contributed by atoms with E-state index in [9.17, 15) is 19.2 Å². The van der Waals surface area contributed by atoms with Gasteiger partial charge in [-0.2, -0.15) is 0 Å². The van der Waals surface area contributed by atoms with Gasteiger partial charge in [0.1, 0.15) is 18.0 Å². The highest BCUT2D eigenvalue weighted by Crippen LogP contribution is 2.62. The monoisotopic (exact) mass is 646 g/mol. The van der Waals surface area contributed by atoms with Crippen LogP contribution < -0.4 is 10.4 Å². The zero-order valence-corrected chi connectivity index (χ0v) is 29.7. The van der Waals surface area contributed by atoms with Crippen LogP contribution in [0.2, 0.25) is 5.04 Å². The first-order valence-corrected chi connectivity index (χ1v) is 19.4. The molecule has 6 nitrogen and oxygen atoms in total. The number of esters is 2. The summed E-state index contributed by atoms with van der Waals surface area (Å²) < 4.78 is 11.7. The zero-order valence-electron chi connectivity index (χ0n) is 28.7. The van der Waals surface area contributed by atoms with E-state index in [1.165, 1.54) is 13.8 Å². The van der Waals surface area contributed by atoms with Crippen molar-refractivity contribution >= 4 is 36.4 Å². The van der Waals surface area contributed by atoms with Gasteiger partial charge in [-0.05, 0) is 78.1 Å². The predicted octanol–water partition coefficient (Wildman–Crippen LogP) is 6.75. The van der Waals surface area contributed by atoms with Crippen LogP contribution in [0.4, 0.5) is 0 Å². The van der Waals surface area contributed by atoms with Crippen LogP contribution in [0.15, 0.2) is 60.7 Å². The highest BCUT2D eigenvalue weighted by molar-refractivity contribution is 6.98. The summed E-state index contributed by atoms with van der Waals surface area (Å²) in [6.07, 6.45) is 7.58. The third kappa shape index (κ3) is 6.38. The number of carbonyl (C=O) groups is 3. The molecule has 2 aromatic rings. The second-order valence-corrected chi connectivity index (χ2v) is 19.6. The first kappa shape index (κ1) is 34.6. The second kappa shape index (κ2) is 13.4. The molecule has 0 aliphatic heterocycles. The summed E-state index contributed by atoms with van der Waals surface area (Å²) in [5.74, 6) is 0.668. The molecule has 2 aromatic carbocycles. The molecule has 0 radical (unpaired) electrons. The van der Waals surface area contributed by atoms with Crippen molar-refractivity contribution in [1.29, 1.82) is 0 Å².